The van der Waals surface area contributed by atoms with Gasteiger partial charge in [0.1, 0.15) is 30.2 Å². The lowest BCUT2D eigenvalue weighted by atomic mass is 10.00. The van der Waals surface area contributed by atoms with Crippen LogP contribution in [0.3, 0.4) is 0 Å². The smallest absolute Gasteiger partial charge is 0.278 e. The summed E-state index contributed by atoms with van der Waals surface area (Å²) < 4.78 is 0. The summed E-state index contributed by atoms with van der Waals surface area (Å²) in [6, 6.07) is -10.5. The van der Waals surface area contributed by atoms with Crippen molar-refractivity contribution >= 4 is 59.3 Å². The molecule has 55 heavy (non-hydrogen) atoms. The number of aliphatic carboxylic acids is 4. The number of aliphatic hydroxyl groups excluding tert-OH is 1. The minimum atomic E-state index is -2.05. The van der Waals surface area contributed by atoms with Gasteiger partial charge >= 0.3 is 0 Å². The zero-order valence-electron chi connectivity index (χ0n) is 31.2. The first kappa shape index (κ1) is 47.6. The van der Waals surface area contributed by atoms with Gasteiger partial charge in [0, 0.05) is 37.2 Å². The highest BCUT2D eigenvalue weighted by atomic mass is 16.4. The number of hydrogen-bond acceptors (Lipinski definition) is 15. The van der Waals surface area contributed by atoms with Crippen LogP contribution in [0.25, 0.3) is 0 Å². The predicted octanol–water partition coefficient (Wildman–Crippen LogP) is -9.74. The van der Waals surface area contributed by atoms with Crippen molar-refractivity contribution in [2.24, 2.45) is 11.8 Å². The van der Waals surface area contributed by atoms with Crippen LogP contribution in [-0.2, 0) is 47.9 Å². The fraction of sp³-hybridized carbons (Fsp3) is 0.697. The van der Waals surface area contributed by atoms with Crippen molar-refractivity contribution in [1.29, 1.82) is 0 Å². The maximum atomic E-state index is 13.5. The Morgan fingerprint density at radius 2 is 1.00 bits per heavy atom. The number of rotatable bonds is 24. The van der Waals surface area contributed by atoms with Crippen LogP contribution in [0.5, 0.6) is 0 Å². The highest BCUT2D eigenvalue weighted by Crippen LogP contribution is 2.10. The van der Waals surface area contributed by atoms with Crippen LogP contribution in [0, 0.1) is 11.8 Å². The molecule has 0 bridgehead atoms. The third-order valence-corrected chi connectivity index (χ3v) is 8.58. The molecule has 9 N–H and O–H groups in total. The number of carboxylic acid groups (broad SMARTS) is 4. The highest BCUT2D eigenvalue weighted by Gasteiger charge is 2.37. The van der Waals surface area contributed by atoms with E-state index in [-0.39, 0.29) is 0 Å². The number of hydrogen-bond donors (Lipinski definition) is 8. The van der Waals surface area contributed by atoms with Crippen LogP contribution in [0.2, 0.25) is 0 Å². The largest absolute Gasteiger partial charge is 0.550 e. The molecule has 6 amide bonds. The summed E-state index contributed by atoms with van der Waals surface area (Å²) in [5.74, 6) is -14.6. The quantitative estimate of drug-likeness (QED) is 0.0450. The molecule has 22 nitrogen and oxygen atoms in total. The Morgan fingerprint density at radius 1 is 0.582 bits per heavy atom. The third-order valence-electron chi connectivity index (χ3n) is 8.58. The summed E-state index contributed by atoms with van der Waals surface area (Å²) in [6.07, 6.45) is -4.17. The van der Waals surface area contributed by atoms with Crippen LogP contribution in [0.15, 0.2) is 0 Å². The number of aliphatic hydroxyl groups is 1. The van der Waals surface area contributed by atoms with Gasteiger partial charge in [0.25, 0.3) is 5.91 Å². The molecule has 0 aromatic heterocycles. The fourth-order valence-corrected chi connectivity index (χ4v) is 5.46. The Labute approximate surface area is 316 Å². The van der Waals surface area contributed by atoms with Gasteiger partial charge in [-0.3, -0.25) is 28.8 Å². The molecule has 0 aromatic rings. The molecular weight excluding hydrogens is 734 g/mol. The molecule has 0 spiro atoms. The summed E-state index contributed by atoms with van der Waals surface area (Å²) in [6.45, 7) is 7.79. The van der Waals surface area contributed by atoms with Gasteiger partial charge in [-0.1, -0.05) is 27.7 Å². The molecule has 1 rings (SSSR count). The molecule has 1 fully saturated rings. The van der Waals surface area contributed by atoms with E-state index in [9.17, 15) is 73.5 Å². The molecular formula is C33H50N7O15-3. The molecule has 310 valence electrons. The lowest BCUT2D eigenvalue weighted by Gasteiger charge is -2.30. The molecule has 0 aliphatic carbocycles. The normalized spacial score (nSPS) is 17.6. The van der Waals surface area contributed by atoms with Gasteiger partial charge in [0.05, 0.1) is 24.7 Å². The predicted molar refractivity (Wildman–Crippen MR) is 176 cm³/mol. The number of carboxylic acids is 4. The Kier molecular flexibility index (Phi) is 19.7. The minimum Gasteiger partial charge on any atom is -0.550 e. The lowest BCUT2D eigenvalue weighted by Crippen LogP contribution is -2.89. The number of nitrogens with two attached hydrogens (primary N) is 1. The molecule has 22 heteroatoms. The van der Waals surface area contributed by atoms with E-state index in [2.05, 4.69) is 26.6 Å². The molecule has 1 heterocycles. The molecule has 0 saturated carbocycles. The van der Waals surface area contributed by atoms with Crippen molar-refractivity contribution in [1.82, 2.24) is 31.9 Å². The zero-order valence-corrected chi connectivity index (χ0v) is 31.2. The van der Waals surface area contributed by atoms with Gasteiger partial charge in [0.15, 0.2) is 6.04 Å². The summed E-state index contributed by atoms with van der Waals surface area (Å²) >= 11 is 0. The van der Waals surface area contributed by atoms with E-state index in [1.165, 1.54) is 34.6 Å². The number of carbonyl (C=O) groups is 10. The molecule has 0 aromatic carbocycles. The first-order valence-electron chi connectivity index (χ1n) is 17.7. The van der Waals surface area contributed by atoms with Crippen LogP contribution in [0.4, 0.5) is 0 Å². The van der Waals surface area contributed by atoms with Crippen molar-refractivity contribution in [2.75, 3.05) is 6.54 Å². The summed E-state index contributed by atoms with van der Waals surface area (Å²) in [5, 5.41) is 70.4. The van der Waals surface area contributed by atoms with Crippen LogP contribution in [0.1, 0.15) is 79.6 Å². The summed E-state index contributed by atoms with van der Waals surface area (Å²) in [4.78, 5) is 124. The third kappa shape index (κ3) is 16.7. The van der Waals surface area contributed by atoms with E-state index in [0.29, 0.717) is 13.0 Å². The summed E-state index contributed by atoms with van der Waals surface area (Å²) in [7, 11) is 0. The standard InChI is InChI=1S/C33H53N7O15/c1-14(2)24(31(52)37-20(33(54)55)13-23(46)47)38-29(50)19(9-11-22(44)45)35-28(49)18(8-10-21(42)43)36-30(51)25(15(3)4)39-32(53)26(16(5)41)40-27(48)17-7-6-12-34-17/h14-20,24-26,34,41H,6-13H2,1-5H3,(H,35,49)(H,36,51)(H,37,52)(H,38,50)(H,39,53)(H,40,48)(H,42,43)(H,44,45)(H,46,47)(H,54,55)/p-3/t16-,17+,18+,19+,20+,24+,25+,26+/m1/s1. The van der Waals surface area contributed by atoms with Gasteiger partial charge in [0.2, 0.25) is 29.5 Å². The van der Waals surface area contributed by atoms with Gasteiger partial charge in [-0.25, -0.2) is 0 Å². The first-order chi connectivity index (χ1) is 25.5. The Hall–Kier alpha value is -5.38. The van der Waals surface area contributed by atoms with E-state index in [1.54, 1.807) is 5.32 Å². The maximum Gasteiger partial charge on any atom is 0.278 e. The van der Waals surface area contributed by atoms with Crippen molar-refractivity contribution in [3.05, 3.63) is 0 Å². The highest BCUT2D eigenvalue weighted by molar-refractivity contribution is 5.97. The second-order valence-electron chi connectivity index (χ2n) is 13.9. The van der Waals surface area contributed by atoms with Crippen molar-refractivity contribution in [2.45, 2.75) is 128 Å². The molecule has 1 saturated heterocycles. The van der Waals surface area contributed by atoms with Crippen LogP contribution < -0.4 is 57.6 Å². The molecule has 0 unspecified atom stereocenters. The average molecular weight is 785 g/mol. The summed E-state index contributed by atoms with van der Waals surface area (Å²) in [5.41, 5.74) is 0. The van der Waals surface area contributed by atoms with Crippen molar-refractivity contribution in [3.63, 3.8) is 0 Å². The van der Waals surface area contributed by atoms with Crippen LogP contribution in [-0.4, -0.2) is 119 Å². The maximum absolute atomic E-state index is 13.5. The monoisotopic (exact) mass is 784 g/mol. The molecule has 1 aliphatic heterocycles. The Balaban J connectivity index is 3.28. The zero-order chi connectivity index (χ0) is 42.2. The van der Waals surface area contributed by atoms with E-state index in [4.69, 9.17) is 0 Å². The van der Waals surface area contributed by atoms with E-state index < -0.39 is 152 Å². The number of quaternary nitrogens is 1. The van der Waals surface area contributed by atoms with Gasteiger partial charge in [-0.2, -0.15) is 0 Å². The van der Waals surface area contributed by atoms with Crippen molar-refractivity contribution < 1.29 is 78.8 Å². The van der Waals surface area contributed by atoms with Gasteiger partial charge < -0.3 is 81.9 Å². The van der Waals surface area contributed by atoms with Crippen LogP contribution >= 0.6 is 0 Å². The molecule has 0 radical (unpaired) electrons. The van der Waals surface area contributed by atoms with E-state index >= 15 is 0 Å². The minimum absolute atomic E-state index is 0.476. The SMILES string of the molecule is CC(C)[C@H](NC(=O)[C@H](CCC(=O)[O-])NC(=O)[C@H](CCC(=O)[O-])NC(=O)[C@@H](NC(=O)[C@@H](NC(=O)[C@@H]1CCC[NH2+]1)[C@@H](C)O)C(C)C)C(=O)N[C@@H](CC(=O)[O-])C(=O)[O-]. The number of nitrogens with one attached hydrogen (secondary N) is 6. The second kappa shape index (κ2) is 22.7. The van der Waals surface area contributed by atoms with Gasteiger partial charge in [-0.05, 0) is 44.4 Å². The van der Waals surface area contributed by atoms with E-state index in [1.807, 2.05) is 5.32 Å². The Bertz CT molecular complexity index is 1430. The molecule has 1 aliphatic rings. The second-order valence-corrected chi connectivity index (χ2v) is 13.9. The average Bonchev–Trinajstić information content (AvgIpc) is 3.62. The topological polar surface area (TPSA) is 372 Å². The fourth-order valence-electron chi connectivity index (χ4n) is 5.46. The number of amides is 6. The lowest BCUT2D eigenvalue weighted by molar-refractivity contribution is -0.657. The van der Waals surface area contributed by atoms with E-state index in [0.717, 1.165) is 6.42 Å². The molecule has 8 atom stereocenters. The Morgan fingerprint density at radius 3 is 1.38 bits per heavy atom. The number of carbonyl (C=O) groups excluding carboxylic acids is 10. The van der Waals surface area contributed by atoms with Gasteiger partial charge in [-0.15, -0.1) is 0 Å². The van der Waals surface area contributed by atoms with Crippen molar-refractivity contribution in [3.8, 4) is 0 Å². The first-order valence-corrected chi connectivity index (χ1v) is 17.7.